The van der Waals surface area contributed by atoms with Crippen LogP contribution in [0.5, 0.6) is 5.75 Å². The Balaban J connectivity index is 1.43. The molecule has 0 spiro atoms. The van der Waals surface area contributed by atoms with Gasteiger partial charge in [0, 0.05) is 18.5 Å². The van der Waals surface area contributed by atoms with Crippen LogP contribution in [0.15, 0.2) is 42.5 Å². The van der Waals surface area contributed by atoms with Crippen molar-refractivity contribution >= 4 is 0 Å². The van der Waals surface area contributed by atoms with Crippen LogP contribution in [0.2, 0.25) is 0 Å². The van der Waals surface area contributed by atoms with Crippen molar-refractivity contribution in [3.8, 4) is 5.75 Å². The lowest BCUT2D eigenvalue weighted by Gasteiger charge is -2.11. The standard InChI is InChI=1S/C17H17F2NO/c18-14-3-1-2-12(8-14)6-7-20-11-16-10-13-9-15(19)4-5-17(13)21-16/h1-5,8-9,16,20H,6-7,10-11H2. The zero-order chi connectivity index (χ0) is 14.7. The molecule has 3 rings (SSSR count). The van der Waals surface area contributed by atoms with Gasteiger partial charge in [-0.25, -0.2) is 8.78 Å². The van der Waals surface area contributed by atoms with E-state index in [1.54, 1.807) is 18.2 Å². The van der Waals surface area contributed by atoms with Gasteiger partial charge in [0.1, 0.15) is 23.5 Å². The SMILES string of the molecule is Fc1cccc(CCNCC2Cc3cc(F)ccc3O2)c1. The smallest absolute Gasteiger partial charge is 0.123 e. The van der Waals surface area contributed by atoms with Crippen molar-refractivity contribution in [2.45, 2.75) is 18.9 Å². The number of nitrogens with one attached hydrogen (secondary N) is 1. The van der Waals surface area contributed by atoms with Gasteiger partial charge in [-0.2, -0.15) is 0 Å². The molecule has 1 N–H and O–H groups in total. The van der Waals surface area contributed by atoms with Gasteiger partial charge in [0.05, 0.1) is 0 Å². The fraction of sp³-hybridized carbons (Fsp3) is 0.294. The molecule has 0 amide bonds. The molecule has 1 atom stereocenters. The molecule has 1 aliphatic rings. The minimum absolute atomic E-state index is 0.0364. The highest BCUT2D eigenvalue weighted by molar-refractivity contribution is 5.37. The summed E-state index contributed by atoms with van der Waals surface area (Å²) in [6.07, 6.45) is 1.53. The molecule has 21 heavy (non-hydrogen) atoms. The molecular weight excluding hydrogens is 272 g/mol. The molecule has 2 aromatic carbocycles. The molecule has 1 aliphatic heterocycles. The highest BCUT2D eigenvalue weighted by Gasteiger charge is 2.22. The normalized spacial score (nSPS) is 16.6. The van der Waals surface area contributed by atoms with E-state index in [-0.39, 0.29) is 17.7 Å². The third-order valence-corrected chi connectivity index (χ3v) is 3.62. The average Bonchev–Trinajstić information content (AvgIpc) is 2.85. The second-order valence-corrected chi connectivity index (χ2v) is 5.28. The Labute approximate surface area is 122 Å². The van der Waals surface area contributed by atoms with Gasteiger partial charge in [-0.15, -0.1) is 0 Å². The summed E-state index contributed by atoms with van der Waals surface area (Å²) in [6.45, 7) is 1.46. The van der Waals surface area contributed by atoms with Gasteiger partial charge in [0.2, 0.25) is 0 Å². The minimum atomic E-state index is -0.225. The van der Waals surface area contributed by atoms with Crippen molar-refractivity contribution in [3.63, 3.8) is 0 Å². The fourth-order valence-corrected chi connectivity index (χ4v) is 2.59. The van der Waals surface area contributed by atoms with Crippen LogP contribution in [0.3, 0.4) is 0 Å². The fourth-order valence-electron chi connectivity index (χ4n) is 2.59. The molecule has 0 radical (unpaired) electrons. The van der Waals surface area contributed by atoms with Gasteiger partial charge in [-0.1, -0.05) is 12.1 Å². The molecule has 2 nitrogen and oxygen atoms in total. The molecule has 0 aliphatic carbocycles. The van der Waals surface area contributed by atoms with E-state index in [1.807, 2.05) is 6.07 Å². The number of ether oxygens (including phenoxy) is 1. The van der Waals surface area contributed by atoms with Crippen molar-refractivity contribution in [2.24, 2.45) is 0 Å². The van der Waals surface area contributed by atoms with Crippen LogP contribution in [-0.4, -0.2) is 19.2 Å². The quantitative estimate of drug-likeness (QED) is 0.854. The first-order chi connectivity index (χ1) is 10.2. The molecule has 0 fully saturated rings. The molecule has 0 saturated heterocycles. The molecule has 1 unspecified atom stereocenters. The summed E-state index contributed by atoms with van der Waals surface area (Å²) < 4.78 is 31.9. The maximum absolute atomic E-state index is 13.1. The van der Waals surface area contributed by atoms with E-state index in [2.05, 4.69) is 5.32 Å². The summed E-state index contributed by atoms with van der Waals surface area (Å²) >= 11 is 0. The second-order valence-electron chi connectivity index (χ2n) is 5.28. The number of halogens is 2. The Morgan fingerprint density at radius 3 is 2.81 bits per heavy atom. The zero-order valence-electron chi connectivity index (χ0n) is 11.6. The summed E-state index contributed by atoms with van der Waals surface area (Å²) in [5.41, 5.74) is 1.90. The molecule has 0 saturated carbocycles. The van der Waals surface area contributed by atoms with Gasteiger partial charge >= 0.3 is 0 Å². The van der Waals surface area contributed by atoms with Gasteiger partial charge in [-0.05, 0) is 48.9 Å². The van der Waals surface area contributed by atoms with Gasteiger partial charge in [0.25, 0.3) is 0 Å². The van der Waals surface area contributed by atoms with E-state index in [0.29, 0.717) is 6.54 Å². The minimum Gasteiger partial charge on any atom is -0.488 e. The van der Waals surface area contributed by atoms with E-state index in [4.69, 9.17) is 4.74 Å². The lowest BCUT2D eigenvalue weighted by molar-refractivity contribution is 0.228. The molecule has 2 aromatic rings. The first kappa shape index (κ1) is 14.0. The Hall–Kier alpha value is -1.94. The van der Waals surface area contributed by atoms with E-state index in [0.717, 1.165) is 36.3 Å². The molecule has 110 valence electrons. The zero-order valence-corrected chi connectivity index (χ0v) is 11.6. The molecular formula is C17H17F2NO. The van der Waals surface area contributed by atoms with Crippen LogP contribution in [0.4, 0.5) is 8.78 Å². The van der Waals surface area contributed by atoms with Crippen LogP contribution in [0.25, 0.3) is 0 Å². The van der Waals surface area contributed by atoms with E-state index >= 15 is 0 Å². The van der Waals surface area contributed by atoms with E-state index in [9.17, 15) is 8.78 Å². The first-order valence-corrected chi connectivity index (χ1v) is 7.11. The van der Waals surface area contributed by atoms with Crippen molar-refractivity contribution in [2.75, 3.05) is 13.1 Å². The summed E-state index contributed by atoms with van der Waals surface area (Å²) in [5, 5.41) is 3.30. The monoisotopic (exact) mass is 289 g/mol. The van der Waals surface area contributed by atoms with Crippen molar-refractivity contribution < 1.29 is 13.5 Å². The predicted octanol–water partition coefficient (Wildman–Crippen LogP) is 3.10. The number of hydrogen-bond acceptors (Lipinski definition) is 2. The highest BCUT2D eigenvalue weighted by Crippen LogP contribution is 2.28. The summed E-state index contributed by atoms with van der Waals surface area (Å²) in [6, 6.07) is 11.2. The van der Waals surface area contributed by atoms with Crippen LogP contribution in [0.1, 0.15) is 11.1 Å². The molecule has 0 aromatic heterocycles. The third-order valence-electron chi connectivity index (χ3n) is 3.62. The number of hydrogen-bond donors (Lipinski definition) is 1. The lowest BCUT2D eigenvalue weighted by atomic mass is 10.1. The Kier molecular flexibility index (Phi) is 4.15. The number of fused-ring (bicyclic) bond motifs is 1. The summed E-state index contributed by atoms with van der Waals surface area (Å²) in [7, 11) is 0. The van der Waals surface area contributed by atoms with Crippen molar-refractivity contribution in [1.82, 2.24) is 5.32 Å². The molecule has 4 heteroatoms. The van der Waals surface area contributed by atoms with Crippen LogP contribution >= 0.6 is 0 Å². The van der Waals surface area contributed by atoms with Crippen LogP contribution in [-0.2, 0) is 12.8 Å². The number of rotatable bonds is 5. The van der Waals surface area contributed by atoms with Crippen molar-refractivity contribution in [1.29, 1.82) is 0 Å². The average molecular weight is 289 g/mol. The largest absolute Gasteiger partial charge is 0.488 e. The predicted molar refractivity (Wildman–Crippen MR) is 77.5 cm³/mol. The maximum atomic E-state index is 13.1. The van der Waals surface area contributed by atoms with Crippen LogP contribution < -0.4 is 10.1 Å². The summed E-state index contributed by atoms with van der Waals surface area (Å²) in [4.78, 5) is 0. The maximum Gasteiger partial charge on any atom is 0.123 e. The highest BCUT2D eigenvalue weighted by atomic mass is 19.1. The summed E-state index contributed by atoms with van der Waals surface area (Å²) in [5.74, 6) is 0.342. The number of benzene rings is 2. The molecule has 0 bridgehead atoms. The van der Waals surface area contributed by atoms with Gasteiger partial charge in [-0.3, -0.25) is 0 Å². The van der Waals surface area contributed by atoms with Crippen LogP contribution in [0, 0.1) is 11.6 Å². The second kappa shape index (κ2) is 6.22. The van der Waals surface area contributed by atoms with E-state index < -0.39 is 0 Å². The Morgan fingerprint density at radius 1 is 1.10 bits per heavy atom. The van der Waals surface area contributed by atoms with Gasteiger partial charge < -0.3 is 10.1 Å². The van der Waals surface area contributed by atoms with Gasteiger partial charge in [0.15, 0.2) is 0 Å². The Bertz CT molecular complexity index is 630. The van der Waals surface area contributed by atoms with Crippen molar-refractivity contribution in [3.05, 3.63) is 65.2 Å². The molecule has 1 heterocycles. The third kappa shape index (κ3) is 3.58. The van der Waals surface area contributed by atoms with E-state index in [1.165, 1.54) is 18.2 Å². The first-order valence-electron chi connectivity index (χ1n) is 7.11. The Morgan fingerprint density at radius 2 is 1.95 bits per heavy atom. The topological polar surface area (TPSA) is 21.3 Å². The lowest BCUT2D eigenvalue weighted by Crippen LogP contribution is -2.31.